The fourth-order valence-corrected chi connectivity index (χ4v) is 3.38. The standard InChI is InChI=1S/C15H16N2OS/c1-9-14(10(2)18)15(19-17-9)16-13-8-12(13)11-6-4-3-5-7-11/h3-7,12-13,16H,8H2,1-2H3. The Morgan fingerprint density at radius 3 is 2.79 bits per heavy atom. The number of nitrogens with zero attached hydrogens (tertiary/aromatic N) is 1. The van der Waals surface area contributed by atoms with Crippen LogP contribution < -0.4 is 5.32 Å². The van der Waals surface area contributed by atoms with Crippen molar-refractivity contribution in [3.63, 3.8) is 0 Å². The minimum atomic E-state index is 0.0886. The molecule has 1 heterocycles. The van der Waals surface area contributed by atoms with E-state index in [0.717, 1.165) is 22.7 Å². The molecule has 98 valence electrons. The average Bonchev–Trinajstić information content (AvgIpc) is 3.06. The van der Waals surface area contributed by atoms with E-state index < -0.39 is 0 Å². The van der Waals surface area contributed by atoms with E-state index in [-0.39, 0.29) is 5.78 Å². The molecule has 0 spiro atoms. The lowest BCUT2D eigenvalue weighted by molar-refractivity contribution is 0.101. The summed E-state index contributed by atoms with van der Waals surface area (Å²) in [6, 6.07) is 10.9. The van der Waals surface area contributed by atoms with Crippen LogP contribution in [-0.2, 0) is 0 Å². The first kappa shape index (κ1) is 12.4. The van der Waals surface area contributed by atoms with Crippen molar-refractivity contribution in [1.29, 1.82) is 0 Å². The Morgan fingerprint density at radius 2 is 2.11 bits per heavy atom. The first-order valence-electron chi connectivity index (χ1n) is 6.45. The van der Waals surface area contributed by atoms with Gasteiger partial charge < -0.3 is 5.32 Å². The number of aryl methyl sites for hydroxylation is 1. The van der Waals surface area contributed by atoms with E-state index in [0.29, 0.717) is 12.0 Å². The molecule has 0 saturated heterocycles. The molecule has 2 atom stereocenters. The summed E-state index contributed by atoms with van der Waals surface area (Å²) < 4.78 is 4.27. The first-order valence-corrected chi connectivity index (χ1v) is 7.23. The minimum absolute atomic E-state index is 0.0886. The summed E-state index contributed by atoms with van der Waals surface area (Å²) in [4.78, 5) is 11.6. The second-order valence-electron chi connectivity index (χ2n) is 5.03. The predicted molar refractivity (Wildman–Crippen MR) is 78.1 cm³/mol. The van der Waals surface area contributed by atoms with Crippen LogP contribution in [0.4, 0.5) is 5.00 Å². The molecular weight excluding hydrogens is 256 g/mol. The van der Waals surface area contributed by atoms with E-state index >= 15 is 0 Å². The van der Waals surface area contributed by atoms with Gasteiger partial charge in [0.15, 0.2) is 5.78 Å². The van der Waals surface area contributed by atoms with Gasteiger partial charge in [-0.25, -0.2) is 0 Å². The van der Waals surface area contributed by atoms with Gasteiger partial charge in [0, 0.05) is 12.0 Å². The number of hydrogen-bond donors (Lipinski definition) is 1. The maximum absolute atomic E-state index is 11.6. The van der Waals surface area contributed by atoms with Crippen molar-refractivity contribution in [2.45, 2.75) is 32.2 Å². The van der Waals surface area contributed by atoms with Gasteiger partial charge in [-0.2, -0.15) is 4.37 Å². The quantitative estimate of drug-likeness (QED) is 0.864. The lowest BCUT2D eigenvalue weighted by atomic mass is 10.1. The molecule has 1 saturated carbocycles. The Bertz CT molecular complexity index is 606. The van der Waals surface area contributed by atoms with Crippen LogP contribution in [0, 0.1) is 6.92 Å². The number of carbonyl (C=O) groups is 1. The summed E-state index contributed by atoms with van der Waals surface area (Å²) >= 11 is 1.39. The maximum Gasteiger partial charge on any atom is 0.164 e. The van der Waals surface area contributed by atoms with Crippen molar-refractivity contribution < 1.29 is 4.79 Å². The summed E-state index contributed by atoms with van der Waals surface area (Å²) in [5, 5.41) is 4.39. The molecule has 2 unspecified atom stereocenters. The van der Waals surface area contributed by atoms with Gasteiger partial charge in [-0.15, -0.1) is 0 Å². The second-order valence-corrected chi connectivity index (χ2v) is 5.81. The number of benzene rings is 1. The first-order chi connectivity index (χ1) is 9.16. The minimum Gasteiger partial charge on any atom is -0.372 e. The number of Topliss-reactive ketones (excluding diaryl/α,β-unsaturated/α-hetero) is 1. The van der Waals surface area contributed by atoms with Crippen LogP contribution in [0.1, 0.15) is 40.9 Å². The summed E-state index contributed by atoms with van der Waals surface area (Å²) in [6.45, 7) is 3.49. The van der Waals surface area contributed by atoms with Crippen LogP contribution in [0.25, 0.3) is 0 Å². The number of anilines is 1. The molecule has 1 fully saturated rings. The molecule has 0 aliphatic heterocycles. The largest absolute Gasteiger partial charge is 0.372 e. The molecule has 0 amide bonds. The Balaban J connectivity index is 1.73. The van der Waals surface area contributed by atoms with E-state index in [1.807, 2.05) is 13.0 Å². The van der Waals surface area contributed by atoms with Gasteiger partial charge in [-0.3, -0.25) is 4.79 Å². The molecule has 2 aromatic rings. The van der Waals surface area contributed by atoms with Gasteiger partial charge >= 0.3 is 0 Å². The van der Waals surface area contributed by atoms with Gasteiger partial charge in [0.05, 0.1) is 11.3 Å². The Hall–Kier alpha value is -1.68. The molecule has 1 aliphatic carbocycles. The molecule has 0 radical (unpaired) electrons. The number of rotatable bonds is 4. The smallest absolute Gasteiger partial charge is 0.164 e. The highest BCUT2D eigenvalue weighted by molar-refractivity contribution is 7.10. The number of ketones is 1. The van der Waals surface area contributed by atoms with Crippen LogP contribution in [-0.4, -0.2) is 16.2 Å². The number of carbonyl (C=O) groups excluding carboxylic acids is 1. The van der Waals surface area contributed by atoms with Crippen LogP contribution in [0.2, 0.25) is 0 Å². The summed E-state index contributed by atoms with van der Waals surface area (Å²) in [5.74, 6) is 0.647. The highest BCUT2D eigenvalue weighted by Crippen LogP contribution is 2.44. The third-order valence-electron chi connectivity index (χ3n) is 3.55. The van der Waals surface area contributed by atoms with Crippen LogP contribution in [0.3, 0.4) is 0 Å². The Labute approximate surface area is 116 Å². The fraction of sp³-hybridized carbons (Fsp3) is 0.333. The van der Waals surface area contributed by atoms with Gasteiger partial charge in [-0.05, 0) is 37.4 Å². The molecular formula is C15H16N2OS. The Kier molecular flexibility index (Phi) is 3.11. The van der Waals surface area contributed by atoms with Crippen LogP contribution in [0.15, 0.2) is 30.3 Å². The highest BCUT2D eigenvalue weighted by atomic mass is 32.1. The molecule has 3 nitrogen and oxygen atoms in total. The molecule has 19 heavy (non-hydrogen) atoms. The molecule has 0 bridgehead atoms. The van der Waals surface area contributed by atoms with Crippen LogP contribution in [0.5, 0.6) is 0 Å². The average molecular weight is 272 g/mol. The second kappa shape index (κ2) is 4.78. The van der Waals surface area contributed by atoms with Crippen molar-refractivity contribution in [2.75, 3.05) is 5.32 Å². The van der Waals surface area contributed by atoms with Gasteiger partial charge in [0.25, 0.3) is 0 Å². The summed E-state index contributed by atoms with van der Waals surface area (Å²) in [5.41, 5.74) is 2.95. The van der Waals surface area contributed by atoms with E-state index in [9.17, 15) is 4.79 Å². The highest BCUT2D eigenvalue weighted by Gasteiger charge is 2.39. The number of nitrogens with one attached hydrogen (secondary N) is 1. The summed E-state index contributed by atoms with van der Waals surface area (Å²) in [6.07, 6.45) is 1.12. The fourth-order valence-electron chi connectivity index (χ4n) is 2.47. The molecule has 1 aromatic heterocycles. The van der Waals surface area contributed by atoms with E-state index in [1.54, 1.807) is 6.92 Å². The van der Waals surface area contributed by atoms with Crippen molar-refractivity contribution in [2.24, 2.45) is 0 Å². The zero-order valence-corrected chi connectivity index (χ0v) is 11.8. The number of hydrogen-bond acceptors (Lipinski definition) is 4. The number of aromatic nitrogens is 1. The van der Waals surface area contributed by atoms with E-state index in [2.05, 4.69) is 34.0 Å². The third kappa shape index (κ3) is 2.40. The Morgan fingerprint density at radius 1 is 1.37 bits per heavy atom. The molecule has 1 N–H and O–H groups in total. The van der Waals surface area contributed by atoms with Gasteiger partial charge in [-0.1, -0.05) is 30.3 Å². The van der Waals surface area contributed by atoms with E-state index in [4.69, 9.17) is 0 Å². The normalized spacial score (nSPS) is 21.2. The predicted octanol–water partition coefficient (Wildman–Crippen LogP) is 3.62. The maximum atomic E-state index is 11.6. The topological polar surface area (TPSA) is 42.0 Å². The van der Waals surface area contributed by atoms with Gasteiger partial charge in [0.1, 0.15) is 5.00 Å². The van der Waals surface area contributed by atoms with Gasteiger partial charge in [0.2, 0.25) is 0 Å². The summed E-state index contributed by atoms with van der Waals surface area (Å²) in [7, 11) is 0. The van der Waals surface area contributed by atoms with Crippen LogP contribution >= 0.6 is 11.5 Å². The lowest BCUT2D eigenvalue weighted by Gasteiger charge is -2.05. The molecule has 4 heteroatoms. The zero-order chi connectivity index (χ0) is 13.4. The lowest BCUT2D eigenvalue weighted by Crippen LogP contribution is -2.06. The SMILES string of the molecule is CC(=O)c1c(C)nsc1NC1CC1c1ccccc1. The molecule has 1 aliphatic rings. The molecule has 3 rings (SSSR count). The molecule has 1 aromatic carbocycles. The zero-order valence-electron chi connectivity index (χ0n) is 11.0. The third-order valence-corrected chi connectivity index (χ3v) is 4.42. The van der Waals surface area contributed by atoms with Crippen molar-refractivity contribution in [1.82, 2.24) is 4.37 Å². The van der Waals surface area contributed by atoms with Crippen molar-refractivity contribution in [3.8, 4) is 0 Å². The van der Waals surface area contributed by atoms with Crippen molar-refractivity contribution in [3.05, 3.63) is 47.2 Å². The van der Waals surface area contributed by atoms with Crippen molar-refractivity contribution >= 4 is 22.3 Å². The van der Waals surface area contributed by atoms with E-state index in [1.165, 1.54) is 17.1 Å². The monoisotopic (exact) mass is 272 g/mol.